The molecule has 1 aliphatic rings. The van der Waals surface area contributed by atoms with Gasteiger partial charge < -0.3 is 5.11 Å². The van der Waals surface area contributed by atoms with Crippen LogP contribution in [0.3, 0.4) is 0 Å². The summed E-state index contributed by atoms with van der Waals surface area (Å²) in [7, 11) is -3.74. The Bertz CT molecular complexity index is 571. The van der Waals surface area contributed by atoms with Gasteiger partial charge >= 0.3 is 5.97 Å². The smallest absolute Gasteiger partial charge is 0.347 e. The highest BCUT2D eigenvalue weighted by atomic mass is 32.2. The molecule has 0 atom stereocenters. The first kappa shape index (κ1) is 14.5. The van der Waals surface area contributed by atoms with Crippen molar-refractivity contribution in [2.24, 2.45) is 0 Å². The van der Waals surface area contributed by atoms with E-state index in [9.17, 15) is 13.2 Å². The van der Waals surface area contributed by atoms with Crippen LogP contribution in [0.15, 0.2) is 10.3 Å². The molecule has 1 aliphatic carbocycles. The maximum atomic E-state index is 12.3. The third kappa shape index (κ3) is 3.16. The second-order valence-corrected chi connectivity index (χ2v) is 7.37. The Balaban J connectivity index is 2.28. The van der Waals surface area contributed by atoms with Gasteiger partial charge in [-0.1, -0.05) is 19.3 Å². The molecule has 106 valence electrons. The van der Waals surface area contributed by atoms with Crippen LogP contribution in [-0.2, 0) is 10.0 Å². The Kier molecular flexibility index (Phi) is 4.27. The zero-order valence-electron chi connectivity index (χ0n) is 10.7. The van der Waals surface area contributed by atoms with Crippen LogP contribution in [0.4, 0.5) is 0 Å². The van der Waals surface area contributed by atoms with Crippen molar-refractivity contribution < 1.29 is 18.3 Å². The van der Waals surface area contributed by atoms with Crippen molar-refractivity contribution in [3.63, 3.8) is 0 Å². The summed E-state index contributed by atoms with van der Waals surface area (Å²) in [5.41, 5.74) is 0.491. The van der Waals surface area contributed by atoms with E-state index in [1.165, 1.54) is 0 Å². The minimum atomic E-state index is -3.74. The zero-order chi connectivity index (χ0) is 14.0. The first-order chi connectivity index (χ1) is 8.92. The van der Waals surface area contributed by atoms with Gasteiger partial charge in [-0.3, -0.25) is 0 Å². The van der Waals surface area contributed by atoms with E-state index in [1.807, 2.05) is 0 Å². The average molecular weight is 303 g/mol. The van der Waals surface area contributed by atoms with Gasteiger partial charge in [0.1, 0.15) is 9.77 Å². The molecule has 0 amide bonds. The highest BCUT2D eigenvalue weighted by molar-refractivity contribution is 7.89. The van der Waals surface area contributed by atoms with E-state index in [2.05, 4.69) is 4.72 Å². The van der Waals surface area contributed by atoms with Crippen molar-refractivity contribution in [3.8, 4) is 0 Å². The molecule has 1 aromatic heterocycles. The predicted octanol–water partition coefficient (Wildman–Crippen LogP) is 2.37. The molecule has 0 saturated heterocycles. The topological polar surface area (TPSA) is 83.5 Å². The fourth-order valence-corrected chi connectivity index (χ4v) is 5.35. The minimum Gasteiger partial charge on any atom is -0.477 e. The summed E-state index contributed by atoms with van der Waals surface area (Å²) in [6.07, 6.45) is 4.81. The van der Waals surface area contributed by atoms with Crippen LogP contribution in [0.5, 0.6) is 0 Å². The number of carbonyl (C=O) groups is 1. The van der Waals surface area contributed by atoms with E-state index < -0.39 is 16.0 Å². The molecule has 1 fully saturated rings. The second-order valence-electron chi connectivity index (χ2n) is 4.84. The normalized spacial score (nSPS) is 17.5. The van der Waals surface area contributed by atoms with E-state index in [-0.39, 0.29) is 15.8 Å². The van der Waals surface area contributed by atoms with Crippen molar-refractivity contribution in [1.82, 2.24) is 4.72 Å². The molecule has 0 unspecified atom stereocenters. The Morgan fingerprint density at radius 1 is 1.37 bits per heavy atom. The molecule has 0 spiro atoms. The molecule has 1 saturated carbocycles. The second kappa shape index (κ2) is 5.60. The Morgan fingerprint density at radius 3 is 2.58 bits per heavy atom. The summed E-state index contributed by atoms with van der Waals surface area (Å²) in [5, 5.41) is 10.6. The molecule has 0 aliphatic heterocycles. The standard InChI is InChI=1S/C12H17NO4S2/c1-8-7-18-10(12(14)15)11(8)19(16,17)13-9-5-3-2-4-6-9/h7,9,13H,2-6H2,1H3,(H,14,15). The monoisotopic (exact) mass is 303 g/mol. The molecule has 2 N–H and O–H groups in total. The fraction of sp³-hybridized carbons (Fsp3) is 0.583. The van der Waals surface area contributed by atoms with Gasteiger partial charge in [-0.2, -0.15) is 0 Å². The number of carboxylic acid groups (broad SMARTS) is 1. The number of carboxylic acids is 1. The summed E-state index contributed by atoms with van der Waals surface area (Å²) in [5.74, 6) is -1.19. The molecular formula is C12H17NO4S2. The van der Waals surface area contributed by atoms with Crippen molar-refractivity contribution >= 4 is 27.3 Å². The number of sulfonamides is 1. The van der Waals surface area contributed by atoms with Gasteiger partial charge in [-0.15, -0.1) is 11.3 Å². The van der Waals surface area contributed by atoms with E-state index in [0.717, 1.165) is 43.4 Å². The molecule has 0 bridgehead atoms. The number of hydrogen-bond donors (Lipinski definition) is 2. The van der Waals surface area contributed by atoms with Crippen molar-refractivity contribution in [3.05, 3.63) is 15.8 Å². The van der Waals surface area contributed by atoms with Crippen molar-refractivity contribution in [2.75, 3.05) is 0 Å². The lowest BCUT2D eigenvalue weighted by Gasteiger charge is -2.22. The van der Waals surface area contributed by atoms with Crippen molar-refractivity contribution in [1.29, 1.82) is 0 Å². The van der Waals surface area contributed by atoms with Crippen LogP contribution >= 0.6 is 11.3 Å². The average Bonchev–Trinajstić information content (AvgIpc) is 2.73. The number of thiophene rings is 1. The van der Waals surface area contributed by atoms with E-state index in [0.29, 0.717) is 5.56 Å². The third-order valence-electron chi connectivity index (χ3n) is 3.31. The lowest BCUT2D eigenvalue weighted by Crippen LogP contribution is -2.36. The molecular weight excluding hydrogens is 286 g/mol. The minimum absolute atomic E-state index is 0.0697. The fourth-order valence-electron chi connectivity index (χ4n) is 2.41. The SMILES string of the molecule is Cc1csc(C(=O)O)c1S(=O)(=O)NC1CCCCC1. The van der Waals surface area contributed by atoms with Crippen LogP contribution in [0.1, 0.15) is 47.3 Å². The highest BCUT2D eigenvalue weighted by Crippen LogP contribution is 2.28. The molecule has 0 aromatic carbocycles. The molecule has 7 heteroatoms. The first-order valence-electron chi connectivity index (χ1n) is 6.25. The van der Waals surface area contributed by atoms with Crippen molar-refractivity contribution in [2.45, 2.75) is 50.0 Å². The van der Waals surface area contributed by atoms with E-state index in [1.54, 1.807) is 12.3 Å². The van der Waals surface area contributed by atoms with Gasteiger partial charge in [-0.05, 0) is 30.7 Å². The Morgan fingerprint density at radius 2 is 2.00 bits per heavy atom. The number of hydrogen-bond acceptors (Lipinski definition) is 4. The third-order valence-corrected chi connectivity index (χ3v) is 6.23. The summed E-state index contributed by atoms with van der Waals surface area (Å²) in [6, 6.07) is -0.0697. The molecule has 19 heavy (non-hydrogen) atoms. The first-order valence-corrected chi connectivity index (χ1v) is 8.62. The maximum Gasteiger partial charge on any atom is 0.347 e. The largest absolute Gasteiger partial charge is 0.477 e. The maximum absolute atomic E-state index is 12.3. The van der Waals surface area contributed by atoms with Gasteiger partial charge in [0.25, 0.3) is 0 Å². The number of aryl methyl sites for hydroxylation is 1. The quantitative estimate of drug-likeness (QED) is 0.894. The molecule has 1 heterocycles. The Hall–Kier alpha value is -0.920. The summed E-state index contributed by atoms with van der Waals surface area (Å²) in [6.45, 7) is 1.62. The van der Waals surface area contributed by atoms with Gasteiger partial charge in [-0.25, -0.2) is 17.9 Å². The van der Waals surface area contributed by atoms with Gasteiger partial charge in [0, 0.05) is 6.04 Å². The van der Waals surface area contributed by atoms with Gasteiger partial charge in [0.05, 0.1) is 0 Å². The van der Waals surface area contributed by atoms with Crippen LogP contribution < -0.4 is 4.72 Å². The van der Waals surface area contributed by atoms with Gasteiger partial charge in [0.2, 0.25) is 10.0 Å². The van der Waals surface area contributed by atoms with E-state index in [4.69, 9.17) is 5.11 Å². The number of nitrogens with one attached hydrogen (secondary N) is 1. The van der Waals surface area contributed by atoms with Crippen LogP contribution in [0.2, 0.25) is 0 Å². The highest BCUT2D eigenvalue weighted by Gasteiger charge is 2.29. The lowest BCUT2D eigenvalue weighted by atomic mass is 9.96. The van der Waals surface area contributed by atoms with Crippen LogP contribution in [0, 0.1) is 6.92 Å². The summed E-state index contributed by atoms with van der Waals surface area (Å²) < 4.78 is 27.3. The lowest BCUT2D eigenvalue weighted by molar-refractivity contribution is 0.0698. The van der Waals surface area contributed by atoms with Gasteiger partial charge in [0.15, 0.2) is 0 Å². The number of aromatic carboxylic acids is 1. The molecule has 1 aromatic rings. The Labute approximate surface area is 116 Å². The summed E-state index contributed by atoms with van der Waals surface area (Å²) >= 11 is 0.954. The summed E-state index contributed by atoms with van der Waals surface area (Å²) in [4.78, 5) is 10.9. The predicted molar refractivity (Wildman–Crippen MR) is 73.2 cm³/mol. The molecule has 5 nitrogen and oxygen atoms in total. The molecule has 0 radical (unpaired) electrons. The zero-order valence-corrected chi connectivity index (χ0v) is 12.3. The number of rotatable bonds is 4. The van der Waals surface area contributed by atoms with E-state index >= 15 is 0 Å². The molecule has 2 rings (SSSR count). The van der Waals surface area contributed by atoms with Crippen LogP contribution in [0.25, 0.3) is 0 Å². The van der Waals surface area contributed by atoms with Crippen LogP contribution in [-0.4, -0.2) is 25.5 Å².